The van der Waals surface area contributed by atoms with Gasteiger partial charge in [0.15, 0.2) is 0 Å². The van der Waals surface area contributed by atoms with Gasteiger partial charge >= 0.3 is 18.9 Å². The van der Waals surface area contributed by atoms with Crippen LogP contribution in [0.3, 0.4) is 0 Å². The van der Waals surface area contributed by atoms with Crippen LogP contribution in [0.1, 0.15) is 5.82 Å². The molecule has 1 rings (SSSR count). The molecule has 0 unspecified atom stereocenters. The first-order chi connectivity index (χ1) is 3.39. The average molecular weight is 102 g/mol. The molecule has 0 fully saturated rings. The molecule has 0 aliphatic heterocycles. The van der Waals surface area contributed by atoms with E-state index in [2.05, 4.69) is 9.97 Å². The average Bonchev–Trinajstić information content (AvgIpc) is 1.69. The topological polar surface area (TPSA) is 25.8 Å². The summed E-state index contributed by atoms with van der Waals surface area (Å²) in [5.74, 6) is 0.822. The quantitative estimate of drug-likeness (QED) is 0.435. The fraction of sp³-hybridized carbons (Fsp3) is 0.200. The van der Waals surface area contributed by atoms with Gasteiger partial charge < -0.3 is 0 Å². The van der Waals surface area contributed by atoms with Crippen LogP contribution >= 0.6 is 0 Å². The SMILES string of the molecule is Cc1ncccn1.[LiH]. The Balaban J connectivity index is 0.000000490. The van der Waals surface area contributed by atoms with Crippen molar-refractivity contribution in [2.75, 3.05) is 0 Å². The van der Waals surface area contributed by atoms with Crippen molar-refractivity contribution < 1.29 is 0 Å². The van der Waals surface area contributed by atoms with Crippen LogP contribution in [0.4, 0.5) is 0 Å². The van der Waals surface area contributed by atoms with Gasteiger partial charge in [0.2, 0.25) is 0 Å². The third kappa shape index (κ3) is 2.11. The van der Waals surface area contributed by atoms with Gasteiger partial charge in [-0.25, -0.2) is 9.97 Å². The molecule has 2 nitrogen and oxygen atoms in total. The van der Waals surface area contributed by atoms with E-state index in [0.29, 0.717) is 0 Å². The second-order valence-corrected chi connectivity index (χ2v) is 1.30. The molecule has 0 radical (unpaired) electrons. The molecule has 1 aromatic heterocycles. The molecule has 0 N–H and O–H groups in total. The van der Waals surface area contributed by atoms with Crippen LogP contribution in [0.25, 0.3) is 0 Å². The summed E-state index contributed by atoms with van der Waals surface area (Å²) in [6.45, 7) is 1.86. The van der Waals surface area contributed by atoms with Gasteiger partial charge in [0, 0.05) is 12.4 Å². The Labute approximate surface area is 60.5 Å². The Bertz CT molecular complexity index is 140. The summed E-state index contributed by atoms with van der Waals surface area (Å²) < 4.78 is 0. The van der Waals surface area contributed by atoms with Gasteiger partial charge in [-0.1, -0.05) is 0 Å². The van der Waals surface area contributed by atoms with Crippen molar-refractivity contribution in [1.29, 1.82) is 0 Å². The zero-order valence-corrected chi connectivity index (χ0v) is 4.13. The van der Waals surface area contributed by atoms with E-state index in [1.165, 1.54) is 0 Å². The molecule has 0 aromatic carbocycles. The Kier molecular flexibility index (Phi) is 3.50. The van der Waals surface area contributed by atoms with E-state index >= 15 is 0 Å². The minimum absolute atomic E-state index is 0. The number of rotatable bonds is 0. The first-order valence-electron chi connectivity index (χ1n) is 2.13. The standard InChI is InChI=1S/C5H6N2.Li.H/c1-5-6-3-2-4-7-5;;/h2-4H,1H3;;. The van der Waals surface area contributed by atoms with E-state index in [1.807, 2.05) is 6.92 Å². The summed E-state index contributed by atoms with van der Waals surface area (Å²) in [7, 11) is 0. The third-order valence-corrected chi connectivity index (χ3v) is 0.695. The molecule has 0 aliphatic rings. The van der Waals surface area contributed by atoms with Crippen molar-refractivity contribution >= 4 is 18.9 Å². The first kappa shape index (κ1) is 7.68. The number of aromatic nitrogens is 2. The van der Waals surface area contributed by atoms with E-state index in [0.717, 1.165) is 5.82 Å². The van der Waals surface area contributed by atoms with Crippen molar-refractivity contribution in [3.05, 3.63) is 24.3 Å². The second kappa shape index (κ2) is 3.65. The number of hydrogen-bond donors (Lipinski definition) is 0. The number of hydrogen-bond acceptors (Lipinski definition) is 2. The summed E-state index contributed by atoms with van der Waals surface area (Å²) in [6.07, 6.45) is 3.45. The van der Waals surface area contributed by atoms with Crippen molar-refractivity contribution in [2.45, 2.75) is 6.92 Å². The second-order valence-electron chi connectivity index (χ2n) is 1.30. The molecule has 38 valence electrons. The summed E-state index contributed by atoms with van der Waals surface area (Å²) in [5.41, 5.74) is 0. The zero-order valence-electron chi connectivity index (χ0n) is 4.13. The van der Waals surface area contributed by atoms with Crippen LogP contribution in [-0.2, 0) is 0 Å². The van der Waals surface area contributed by atoms with Gasteiger partial charge in [-0.15, -0.1) is 0 Å². The molecule has 1 heterocycles. The van der Waals surface area contributed by atoms with E-state index < -0.39 is 0 Å². The van der Waals surface area contributed by atoms with Crippen molar-refractivity contribution in [1.82, 2.24) is 9.97 Å². The van der Waals surface area contributed by atoms with Gasteiger partial charge in [0.05, 0.1) is 0 Å². The molecule has 3 heteroatoms. The fourth-order valence-electron chi connectivity index (χ4n) is 0.374. The molecule has 0 spiro atoms. The van der Waals surface area contributed by atoms with E-state index in [-0.39, 0.29) is 18.9 Å². The Morgan fingerprint density at radius 3 is 2.00 bits per heavy atom. The molecule has 0 atom stereocenters. The molecule has 0 bridgehead atoms. The van der Waals surface area contributed by atoms with Gasteiger partial charge in [0.1, 0.15) is 5.82 Å². The van der Waals surface area contributed by atoms with Crippen molar-refractivity contribution in [3.8, 4) is 0 Å². The predicted molar refractivity (Wildman–Crippen MR) is 33.9 cm³/mol. The molecular weight excluding hydrogens is 95.0 g/mol. The van der Waals surface area contributed by atoms with E-state index in [1.54, 1.807) is 18.5 Å². The van der Waals surface area contributed by atoms with Gasteiger partial charge in [-0.05, 0) is 13.0 Å². The third-order valence-electron chi connectivity index (χ3n) is 0.695. The Morgan fingerprint density at radius 2 is 1.75 bits per heavy atom. The molecule has 0 saturated heterocycles. The monoisotopic (exact) mass is 102 g/mol. The summed E-state index contributed by atoms with van der Waals surface area (Å²) in [5, 5.41) is 0. The number of nitrogens with zero attached hydrogens (tertiary/aromatic N) is 2. The molecule has 8 heavy (non-hydrogen) atoms. The summed E-state index contributed by atoms with van der Waals surface area (Å²) in [4.78, 5) is 7.74. The molecule has 1 aromatic rings. The van der Waals surface area contributed by atoms with Gasteiger partial charge in [-0.3, -0.25) is 0 Å². The van der Waals surface area contributed by atoms with Crippen LogP contribution in [-0.4, -0.2) is 28.8 Å². The van der Waals surface area contributed by atoms with Gasteiger partial charge in [-0.2, -0.15) is 0 Å². The summed E-state index contributed by atoms with van der Waals surface area (Å²) >= 11 is 0. The maximum absolute atomic E-state index is 3.87. The molecule has 0 aliphatic carbocycles. The number of aryl methyl sites for hydroxylation is 1. The maximum atomic E-state index is 3.87. The van der Waals surface area contributed by atoms with E-state index in [9.17, 15) is 0 Å². The molecule has 0 saturated carbocycles. The zero-order chi connectivity index (χ0) is 5.11. The molecular formula is C5H7LiN2. The van der Waals surface area contributed by atoms with Crippen LogP contribution < -0.4 is 0 Å². The van der Waals surface area contributed by atoms with Gasteiger partial charge in [0.25, 0.3) is 0 Å². The van der Waals surface area contributed by atoms with Crippen LogP contribution in [0.5, 0.6) is 0 Å². The fourth-order valence-corrected chi connectivity index (χ4v) is 0.374. The van der Waals surface area contributed by atoms with Crippen LogP contribution in [0.15, 0.2) is 18.5 Å². The summed E-state index contributed by atoms with van der Waals surface area (Å²) in [6, 6.07) is 1.80. The van der Waals surface area contributed by atoms with Crippen LogP contribution in [0.2, 0.25) is 0 Å². The minimum atomic E-state index is 0. The van der Waals surface area contributed by atoms with Crippen molar-refractivity contribution in [2.24, 2.45) is 0 Å². The normalized spacial score (nSPS) is 7.62. The molecule has 0 amide bonds. The van der Waals surface area contributed by atoms with Crippen LogP contribution in [0, 0.1) is 6.92 Å². The predicted octanol–water partition coefficient (Wildman–Crippen LogP) is 0.137. The Hall–Kier alpha value is -0.323. The Morgan fingerprint density at radius 1 is 1.25 bits per heavy atom. The first-order valence-corrected chi connectivity index (χ1v) is 2.13. The van der Waals surface area contributed by atoms with E-state index in [4.69, 9.17) is 0 Å². The van der Waals surface area contributed by atoms with Crippen molar-refractivity contribution in [3.63, 3.8) is 0 Å².